The third-order valence-electron chi connectivity index (χ3n) is 6.63. The second-order valence-electron chi connectivity index (χ2n) is 9.36. The standard InChI is InChI=1S/C27H28ClN7S2/c28-20-9-7-19(8-10-20)18-29-21-11-12-22-23(17-21)36-27(30-22)37-26-32-24(34-13-3-1-4-14-34)31-25(33-26)35-15-5-2-6-16-35/h7-12,17-18H,1-6,13-16H2. The minimum atomic E-state index is 0.719. The van der Waals surface area contributed by atoms with Crippen molar-refractivity contribution in [2.24, 2.45) is 4.99 Å². The van der Waals surface area contributed by atoms with Crippen molar-refractivity contribution in [3.8, 4) is 0 Å². The average Bonchev–Trinajstić information content (AvgIpc) is 3.35. The van der Waals surface area contributed by atoms with E-state index in [1.807, 2.05) is 42.6 Å². The molecule has 2 aromatic heterocycles. The lowest BCUT2D eigenvalue weighted by molar-refractivity contribution is 0.551. The van der Waals surface area contributed by atoms with E-state index in [-0.39, 0.29) is 0 Å². The van der Waals surface area contributed by atoms with Crippen molar-refractivity contribution in [3.05, 3.63) is 53.1 Å². The molecule has 0 atom stereocenters. The number of thiazole rings is 1. The maximum absolute atomic E-state index is 5.98. The van der Waals surface area contributed by atoms with E-state index in [1.165, 1.54) is 50.3 Å². The highest BCUT2D eigenvalue weighted by Crippen LogP contribution is 2.36. The van der Waals surface area contributed by atoms with Crippen molar-refractivity contribution in [1.29, 1.82) is 0 Å². The summed E-state index contributed by atoms with van der Waals surface area (Å²) in [7, 11) is 0. The van der Waals surface area contributed by atoms with Gasteiger partial charge in [-0.3, -0.25) is 4.99 Å². The van der Waals surface area contributed by atoms with Crippen LogP contribution in [0.4, 0.5) is 17.6 Å². The Morgan fingerprint density at radius 1 is 0.784 bits per heavy atom. The Kier molecular flexibility index (Phi) is 7.53. The van der Waals surface area contributed by atoms with Gasteiger partial charge in [-0.25, -0.2) is 4.98 Å². The van der Waals surface area contributed by atoms with Crippen LogP contribution in [0, 0.1) is 0 Å². The van der Waals surface area contributed by atoms with Gasteiger partial charge >= 0.3 is 0 Å². The van der Waals surface area contributed by atoms with E-state index < -0.39 is 0 Å². The molecule has 2 saturated heterocycles. The van der Waals surface area contributed by atoms with Crippen LogP contribution in [0.5, 0.6) is 0 Å². The molecular weight excluding hydrogens is 522 g/mol. The summed E-state index contributed by atoms with van der Waals surface area (Å²) >= 11 is 9.16. The number of piperidine rings is 2. The summed E-state index contributed by atoms with van der Waals surface area (Å²) in [5, 5.41) is 1.44. The molecule has 4 heterocycles. The summed E-state index contributed by atoms with van der Waals surface area (Å²) < 4.78 is 2.02. The Balaban J connectivity index is 1.25. The van der Waals surface area contributed by atoms with Gasteiger partial charge in [0.15, 0.2) is 4.34 Å². The number of aromatic nitrogens is 4. The number of benzene rings is 2. The predicted octanol–water partition coefficient (Wildman–Crippen LogP) is 7.02. The van der Waals surface area contributed by atoms with E-state index in [1.54, 1.807) is 11.3 Å². The topological polar surface area (TPSA) is 70.4 Å². The summed E-state index contributed by atoms with van der Waals surface area (Å²) in [4.78, 5) is 28.8. The SMILES string of the molecule is Clc1ccc(C=Nc2ccc3nc(Sc4nc(N5CCCCC5)nc(N5CCCCC5)n4)sc3c2)cc1. The van der Waals surface area contributed by atoms with E-state index >= 15 is 0 Å². The molecule has 0 aliphatic carbocycles. The van der Waals surface area contributed by atoms with E-state index in [9.17, 15) is 0 Å². The number of anilines is 2. The van der Waals surface area contributed by atoms with Crippen LogP contribution in [-0.2, 0) is 0 Å². The zero-order valence-electron chi connectivity index (χ0n) is 20.5. The molecule has 4 aromatic rings. The van der Waals surface area contributed by atoms with Crippen LogP contribution in [0.1, 0.15) is 44.1 Å². The normalized spacial score (nSPS) is 16.7. The highest BCUT2D eigenvalue weighted by Gasteiger charge is 2.21. The molecule has 2 aliphatic heterocycles. The van der Waals surface area contributed by atoms with Crippen molar-refractivity contribution >= 4 is 68.7 Å². The fourth-order valence-electron chi connectivity index (χ4n) is 4.64. The minimum Gasteiger partial charge on any atom is -0.341 e. The second-order valence-corrected chi connectivity index (χ2v) is 12.0. The average molecular weight is 550 g/mol. The zero-order valence-corrected chi connectivity index (χ0v) is 22.9. The summed E-state index contributed by atoms with van der Waals surface area (Å²) in [6.45, 7) is 4.03. The van der Waals surface area contributed by atoms with Gasteiger partial charge in [0.2, 0.25) is 17.1 Å². The van der Waals surface area contributed by atoms with Gasteiger partial charge in [0.1, 0.15) is 0 Å². The van der Waals surface area contributed by atoms with Gasteiger partial charge in [0.05, 0.1) is 15.9 Å². The predicted molar refractivity (Wildman–Crippen MR) is 154 cm³/mol. The molecule has 6 rings (SSSR count). The van der Waals surface area contributed by atoms with Gasteiger partial charge in [-0.2, -0.15) is 15.0 Å². The molecule has 0 amide bonds. The van der Waals surface area contributed by atoms with Gasteiger partial charge in [0.25, 0.3) is 0 Å². The zero-order chi connectivity index (χ0) is 25.0. The quantitative estimate of drug-likeness (QED) is 0.239. The van der Waals surface area contributed by atoms with E-state index in [2.05, 4.69) is 20.9 Å². The summed E-state index contributed by atoms with van der Waals surface area (Å²) in [5.74, 6) is 1.61. The Morgan fingerprint density at radius 2 is 1.43 bits per heavy atom. The molecule has 0 unspecified atom stereocenters. The van der Waals surface area contributed by atoms with Crippen molar-refractivity contribution in [2.75, 3.05) is 36.0 Å². The van der Waals surface area contributed by atoms with Crippen LogP contribution in [-0.4, -0.2) is 52.3 Å². The molecule has 37 heavy (non-hydrogen) atoms. The van der Waals surface area contributed by atoms with E-state index in [0.29, 0.717) is 0 Å². The van der Waals surface area contributed by atoms with Crippen LogP contribution < -0.4 is 9.80 Å². The monoisotopic (exact) mass is 549 g/mol. The molecular formula is C27H28ClN7S2. The number of nitrogens with zero attached hydrogens (tertiary/aromatic N) is 7. The van der Waals surface area contributed by atoms with Crippen molar-refractivity contribution < 1.29 is 0 Å². The fourth-order valence-corrected chi connectivity index (χ4v) is 6.71. The van der Waals surface area contributed by atoms with Crippen LogP contribution in [0.3, 0.4) is 0 Å². The van der Waals surface area contributed by atoms with Crippen molar-refractivity contribution in [1.82, 2.24) is 19.9 Å². The minimum absolute atomic E-state index is 0.719. The molecule has 2 fully saturated rings. The maximum Gasteiger partial charge on any atom is 0.231 e. The molecule has 0 spiro atoms. The number of fused-ring (bicyclic) bond motifs is 1. The Bertz CT molecular complexity index is 1360. The first-order valence-electron chi connectivity index (χ1n) is 12.8. The number of hydrogen-bond acceptors (Lipinski definition) is 9. The van der Waals surface area contributed by atoms with E-state index in [4.69, 9.17) is 31.5 Å². The highest BCUT2D eigenvalue weighted by molar-refractivity contribution is 8.01. The van der Waals surface area contributed by atoms with Crippen LogP contribution >= 0.6 is 34.7 Å². The van der Waals surface area contributed by atoms with E-state index in [0.717, 1.165) is 74.1 Å². The number of hydrogen-bond donors (Lipinski definition) is 0. The molecule has 2 aromatic carbocycles. The molecule has 0 saturated carbocycles. The lowest BCUT2D eigenvalue weighted by Crippen LogP contribution is -2.34. The largest absolute Gasteiger partial charge is 0.341 e. The molecule has 7 nitrogen and oxygen atoms in total. The van der Waals surface area contributed by atoms with Gasteiger partial charge in [0, 0.05) is 37.4 Å². The van der Waals surface area contributed by atoms with Gasteiger partial charge in [-0.05, 0) is 86.2 Å². The highest BCUT2D eigenvalue weighted by atomic mass is 35.5. The lowest BCUT2D eigenvalue weighted by atomic mass is 10.1. The Labute approximate surface area is 230 Å². The van der Waals surface area contributed by atoms with Gasteiger partial charge < -0.3 is 9.80 Å². The van der Waals surface area contributed by atoms with Crippen molar-refractivity contribution in [3.63, 3.8) is 0 Å². The maximum atomic E-state index is 5.98. The van der Waals surface area contributed by atoms with Crippen molar-refractivity contribution in [2.45, 2.75) is 48.0 Å². The first-order chi connectivity index (χ1) is 18.2. The van der Waals surface area contributed by atoms with Crippen LogP contribution in [0.25, 0.3) is 10.2 Å². The summed E-state index contributed by atoms with van der Waals surface area (Å²) in [5.41, 5.74) is 2.86. The smallest absolute Gasteiger partial charge is 0.231 e. The molecule has 0 N–H and O–H groups in total. The number of halogens is 1. The summed E-state index contributed by atoms with van der Waals surface area (Å²) in [6, 6.07) is 13.7. The lowest BCUT2D eigenvalue weighted by Gasteiger charge is -2.30. The second kappa shape index (κ2) is 11.3. The number of aliphatic imine (C=N–C) groups is 1. The van der Waals surface area contributed by atoms with Crippen LogP contribution in [0.15, 0.2) is 57.0 Å². The Morgan fingerprint density at radius 3 is 2.08 bits per heavy atom. The van der Waals surface area contributed by atoms with Gasteiger partial charge in [-0.15, -0.1) is 11.3 Å². The molecule has 10 heteroatoms. The molecule has 2 aliphatic rings. The summed E-state index contributed by atoms with van der Waals surface area (Å²) in [6.07, 6.45) is 9.16. The van der Waals surface area contributed by atoms with Gasteiger partial charge in [-0.1, -0.05) is 23.7 Å². The molecule has 190 valence electrons. The third-order valence-corrected chi connectivity index (χ3v) is 8.83. The van der Waals surface area contributed by atoms with Crippen LogP contribution in [0.2, 0.25) is 5.02 Å². The first kappa shape index (κ1) is 24.6. The number of rotatable bonds is 6. The molecule has 0 bridgehead atoms. The molecule has 0 radical (unpaired) electrons. The third kappa shape index (κ3) is 6.05. The Hall–Kier alpha value is -2.75. The first-order valence-corrected chi connectivity index (χ1v) is 14.8. The fraction of sp³-hybridized carbons (Fsp3) is 0.370.